The number of rotatable bonds is 10. The number of ether oxygens (including phenoxy) is 2. The van der Waals surface area contributed by atoms with Crippen LogP contribution in [0.15, 0.2) is 60.1 Å². The normalized spacial score (nSPS) is 13.6. The van der Waals surface area contributed by atoms with E-state index in [2.05, 4.69) is 65.3 Å². The molecule has 2 aromatic carbocycles. The van der Waals surface area contributed by atoms with Crippen molar-refractivity contribution < 1.29 is 9.47 Å². The van der Waals surface area contributed by atoms with E-state index in [1.165, 1.54) is 37.1 Å². The van der Waals surface area contributed by atoms with Gasteiger partial charge in [0.05, 0.1) is 23.4 Å². The third-order valence-electron chi connectivity index (χ3n) is 6.28. The van der Waals surface area contributed by atoms with Gasteiger partial charge in [0.1, 0.15) is 6.61 Å². The van der Waals surface area contributed by atoms with Gasteiger partial charge in [0.2, 0.25) is 0 Å². The number of hydrogen-bond donors (Lipinski definition) is 0. The van der Waals surface area contributed by atoms with Crippen LogP contribution in [0.4, 0.5) is 11.4 Å². The standard InChI is InChI=1S/C28H33N3O2S/c1-20-8-10-22(11-9-20)27-19-24(29-3)28(34-27)21(2)30(4)23-12-13-25(26(18-23)32-5)33-17-16-31-14-6-7-15-31/h8-13,18-19H,2-3,6-7,14-17H2,1,4-5H3. The summed E-state index contributed by atoms with van der Waals surface area (Å²) in [6.07, 6.45) is 2.57. The number of nitrogens with zero attached hydrogens (tertiary/aromatic N) is 3. The summed E-state index contributed by atoms with van der Waals surface area (Å²) in [5.41, 5.74) is 5.07. The molecule has 5 nitrogen and oxygen atoms in total. The molecule has 0 radical (unpaired) electrons. The maximum atomic E-state index is 6.04. The molecule has 1 aliphatic rings. The van der Waals surface area contributed by atoms with Crippen LogP contribution in [0.5, 0.6) is 11.5 Å². The van der Waals surface area contributed by atoms with Gasteiger partial charge >= 0.3 is 0 Å². The van der Waals surface area contributed by atoms with E-state index in [0.717, 1.165) is 39.1 Å². The lowest BCUT2D eigenvalue weighted by atomic mass is 10.1. The van der Waals surface area contributed by atoms with E-state index in [1.54, 1.807) is 18.4 Å². The number of benzene rings is 2. The maximum absolute atomic E-state index is 6.04. The molecule has 1 aliphatic heterocycles. The first-order chi connectivity index (χ1) is 16.5. The van der Waals surface area contributed by atoms with Crippen LogP contribution < -0.4 is 14.4 Å². The van der Waals surface area contributed by atoms with Crippen molar-refractivity contribution in [3.05, 3.63) is 65.6 Å². The third-order valence-corrected chi connectivity index (χ3v) is 7.51. The first-order valence-electron chi connectivity index (χ1n) is 11.6. The van der Waals surface area contributed by atoms with E-state index in [1.807, 2.05) is 25.2 Å². The van der Waals surface area contributed by atoms with Crippen LogP contribution in [0.1, 0.15) is 23.3 Å². The lowest BCUT2D eigenvalue weighted by Crippen LogP contribution is -2.25. The van der Waals surface area contributed by atoms with Crippen molar-refractivity contribution in [1.82, 2.24) is 4.90 Å². The summed E-state index contributed by atoms with van der Waals surface area (Å²) < 4.78 is 11.7. The van der Waals surface area contributed by atoms with E-state index < -0.39 is 0 Å². The fourth-order valence-electron chi connectivity index (χ4n) is 4.15. The van der Waals surface area contributed by atoms with E-state index in [4.69, 9.17) is 9.47 Å². The van der Waals surface area contributed by atoms with E-state index in [-0.39, 0.29) is 0 Å². The van der Waals surface area contributed by atoms with Crippen LogP contribution in [0.25, 0.3) is 16.1 Å². The Kier molecular flexibility index (Phi) is 7.70. The van der Waals surface area contributed by atoms with Gasteiger partial charge in [-0.1, -0.05) is 36.4 Å². The molecule has 4 rings (SSSR count). The molecule has 34 heavy (non-hydrogen) atoms. The number of anilines is 1. The maximum Gasteiger partial charge on any atom is 0.162 e. The SMILES string of the molecule is C=Nc1cc(-c2ccc(C)cc2)sc1C(=C)N(C)c1ccc(OCCN2CCCC2)c(OC)c1. The smallest absolute Gasteiger partial charge is 0.162 e. The Balaban J connectivity index is 1.50. The van der Waals surface area contributed by atoms with Crippen LogP contribution in [-0.2, 0) is 0 Å². The third kappa shape index (κ3) is 5.34. The quantitative estimate of drug-likeness (QED) is 0.308. The molecule has 0 bridgehead atoms. The first kappa shape index (κ1) is 24.0. The molecular formula is C28H33N3O2S. The molecule has 0 spiro atoms. The Labute approximate surface area is 207 Å². The second-order valence-electron chi connectivity index (χ2n) is 8.59. The van der Waals surface area contributed by atoms with Crippen LogP contribution in [-0.4, -0.2) is 52.0 Å². The molecule has 178 valence electrons. The summed E-state index contributed by atoms with van der Waals surface area (Å²) in [6, 6.07) is 16.6. The summed E-state index contributed by atoms with van der Waals surface area (Å²) in [6.45, 7) is 14.2. The minimum absolute atomic E-state index is 0.656. The Morgan fingerprint density at radius 3 is 2.50 bits per heavy atom. The first-order valence-corrected chi connectivity index (χ1v) is 12.5. The van der Waals surface area contributed by atoms with E-state index in [9.17, 15) is 0 Å². The summed E-state index contributed by atoms with van der Waals surface area (Å²) in [7, 11) is 3.68. The highest BCUT2D eigenvalue weighted by molar-refractivity contribution is 7.17. The fourth-order valence-corrected chi connectivity index (χ4v) is 5.28. The van der Waals surface area contributed by atoms with Gasteiger partial charge in [-0.05, 0) is 63.3 Å². The lowest BCUT2D eigenvalue weighted by molar-refractivity contribution is 0.230. The van der Waals surface area contributed by atoms with Crippen molar-refractivity contribution in [2.75, 3.05) is 45.3 Å². The van der Waals surface area contributed by atoms with Crippen molar-refractivity contribution in [2.24, 2.45) is 4.99 Å². The summed E-state index contributed by atoms with van der Waals surface area (Å²) in [5.74, 6) is 1.47. The van der Waals surface area contributed by atoms with Crippen molar-refractivity contribution in [3.63, 3.8) is 0 Å². The zero-order valence-corrected chi connectivity index (χ0v) is 21.2. The Bertz CT molecular complexity index is 1150. The van der Waals surface area contributed by atoms with Crippen molar-refractivity contribution in [1.29, 1.82) is 0 Å². The summed E-state index contributed by atoms with van der Waals surface area (Å²) in [5, 5.41) is 0. The molecular weight excluding hydrogens is 442 g/mol. The minimum atomic E-state index is 0.656. The summed E-state index contributed by atoms with van der Waals surface area (Å²) >= 11 is 1.67. The van der Waals surface area contributed by atoms with Crippen LogP contribution in [0, 0.1) is 6.92 Å². The highest BCUT2D eigenvalue weighted by Crippen LogP contribution is 2.42. The molecule has 0 unspecified atom stereocenters. The molecule has 0 atom stereocenters. The van der Waals surface area contributed by atoms with E-state index >= 15 is 0 Å². The Hall–Kier alpha value is -3.09. The van der Waals surface area contributed by atoms with E-state index in [0.29, 0.717) is 12.4 Å². The minimum Gasteiger partial charge on any atom is -0.493 e. The number of aliphatic imine (C=N–C) groups is 1. The fraction of sp³-hybridized carbons (Fsp3) is 0.321. The molecule has 0 N–H and O–H groups in total. The number of hydrogen-bond acceptors (Lipinski definition) is 6. The topological polar surface area (TPSA) is 37.3 Å². The lowest BCUT2D eigenvalue weighted by Gasteiger charge is -2.23. The highest BCUT2D eigenvalue weighted by Gasteiger charge is 2.18. The molecule has 3 aromatic rings. The van der Waals surface area contributed by atoms with Gasteiger partial charge in [0.25, 0.3) is 0 Å². The number of aryl methyl sites for hydroxylation is 1. The van der Waals surface area contributed by atoms with Crippen LogP contribution >= 0.6 is 11.3 Å². The number of likely N-dealkylation sites (tertiary alicyclic amines) is 1. The number of thiophene rings is 1. The number of methoxy groups -OCH3 is 1. The summed E-state index contributed by atoms with van der Waals surface area (Å²) in [4.78, 5) is 10.9. The van der Waals surface area contributed by atoms with Gasteiger partial charge in [-0.25, -0.2) is 0 Å². The van der Waals surface area contributed by atoms with Crippen molar-refractivity contribution >= 4 is 35.1 Å². The zero-order valence-electron chi connectivity index (χ0n) is 20.3. The van der Waals surface area contributed by atoms with Gasteiger partial charge in [-0.15, -0.1) is 11.3 Å². The molecule has 2 heterocycles. The predicted octanol–water partition coefficient (Wildman–Crippen LogP) is 6.65. The van der Waals surface area contributed by atoms with Gasteiger partial charge in [0, 0.05) is 30.2 Å². The molecule has 0 saturated carbocycles. The monoisotopic (exact) mass is 475 g/mol. The molecule has 0 amide bonds. The van der Waals surface area contributed by atoms with Gasteiger partial charge in [-0.2, -0.15) is 0 Å². The van der Waals surface area contributed by atoms with Gasteiger partial charge in [-0.3, -0.25) is 9.89 Å². The van der Waals surface area contributed by atoms with Crippen LogP contribution in [0.2, 0.25) is 0 Å². The zero-order chi connectivity index (χ0) is 24.1. The van der Waals surface area contributed by atoms with Gasteiger partial charge < -0.3 is 14.4 Å². The Morgan fingerprint density at radius 1 is 1.09 bits per heavy atom. The van der Waals surface area contributed by atoms with Crippen molar-refractivity contribution in [2.45, 2.75) is 19.8 Å². The largest absolute Gasteiger partial charge is 0.493 e. The second kappa shape index (κ2) is 10.9. The van der Waals surface area contributed by atoms with Crippen LogP contribution in [0.3, 0.4) is 0 Å². The molecule has 0 aliphatic carbocycles. The molecule has 1 fully saturated rings. The second-order valence-corrected chi connectivity index (χ2v) is 9.64. The molecule has 1 aromatic heterocycles. The Morgan fingerprint density at radius 2 is 1.82 bits per heavy atom. The molecule has 6 heteroatoms. The predicted molar refractivity (Wildman–Crippen MR) is 145 cm³/mol. The van der Waals surface area contributed by atoms with Crippen molar-refractivity contribution in [3.8, 4) is 21.9 Å². The highest BCUT2D eigenvalue weighted by atomic mass is 32.1. The average Bonchev–Trinajstić information content (AvgIpc) is 3.54. The molecule has 1 saturated heterocycles. The average molecular weight is 476 g/mol. The van der Waals surface area contributed by atoms with Gasteiger partial charge in [0.15, 0.2) is 11.5 Å².